The van der Waals surface area contributed by atoms with Crippen molar-refractivity contribution in [3.63, 3.8) is 0 Å². The summed E-state index contributed by atoms with van der Waals surface area (Å²) in [7, 11) is 0. The number of hydrogen-bond acceptors (Lipinski definition) is 2. The third kappa shape index (κ3) is 2.45. The maximum absolute atomic E-state index is 13.1. The molecule has 0 aliphatic carbocycles. The van der Waals surface area contributed by atoms with E-state index in [0.717, 1.165) is 0 Å². The van der Waals surface area contributed by atoms with E-state index < -0.39 is 17.8 Å². The molecule has 0 atom stereocenters. The van der Waals surface area contributed by atoms with Crippen LogP contribution >= 0.6 is 0 Å². The Hall–Kier alpha value is -1.59. The van der Waals surface area contributed by atoms with Crippen molar-refractivity contribution in [3.8, 4) is 0 Å². The standard InChI is InChI=1S/C8H12FN3O2/c1-4(2)11-7(13)6-5(9)3-10-8(14)12-6/h4H,3H2,1-2H3,(H,11,13)(H2,10,12,14). The summed E-state index contributed by atoms with van der Waals surface area (Å²) in [6, 6.07) is -0.671. The summed E-state index contributed by atoms with van der Waals surface area (Å²) in [5.41, 5.74) is -0.303. The van der Waals surface area contributed by atoms with Crippen LogP contribution in [0.4, 0.5) is 9.18 Å². The topological polar surface area (TPSA) is 70.2 Å². The van der Waals surface area contributed by atoms with Crippen molar-refractivity contribution >= 4 is 11.9 Å². The van der Waals surface area contributed by atoms with Gasteiger partial charge in [-0.05, 0) is 13.8 Å². The Kier molecular flexibility index (Phi) is 3.06. The molecule has 78 valence electrons. The van der Waals surface area contributed by atoms with Crippen molar-refractivity contribution in [1.82, 2.24) is 16.0 Å². The molecule has 3 amide bonds. The fourth-order valence-electron chi connectivity index (χ4n) is 0.986. The molecule has 0 aromatic rings. The van der Waals surface area contributed by atoms with Crippen molar-refractivity contribution in [2.75, 3.05) is 6.54 Å². The Balaban J connectivity index is 2.74. The second-order valence-corrected chi connectivity index (χ2v) is 3.22. The highest BCUT2D eigenvalue weighted by molar-refractivity contribution is 5.98. The molecular formula is C8H12FN3O2. The summed E-state index contributed by atoms with van der Waals surface area (Å²) < 4.78 is 13.1. The molecule has 0 radical (unpaired) electrons. The summed E-state index contributed by atoms with van der Waals surface area (Å²) in [6.07, 6.45) is 0. The van der Waals surface area contributed by atoms with Crippen molar-refractivity contribution in [3.05, 3.63) is 11.5 Å². The SMILES string of the molecule is CC(C)NC(=O)C1=C(F)CNC(=O)N1. The summed E-state index contributed by atoms with van der Waals surface area (Å²) >= 11 is 0. The van der Waals surface area contributed by atoms with Crippen LogP contribution in [0.25, 0.3) is 0 Å². The number of carbonyl (C=O) groups is 2. The van der Waals surface area contributed by atoms with Crippen LogP contribution in [0.2, 0.25) is 0 Å². The number of hydrogen-bond donors (Lipinski definition) is 3. The largest absolute Gasteiger partial charge is 0.349 e. The van der Waals surface area contributed by atoms with Crippen LogP contribution in [-0.2, 0) is 4.79 Å². The van der Waals surface area contributed by atoms with Crippen LogP contribution < -0.4 is 16.0 Å². The number of amides is 3. The van der Waals surface area contributed by atoms with Gasteiger partial charge < -0.3 is 16.0 Å². The molecule has 0 saturated heterocycles. The van der Waals surface area contributed by atoms with E-state index in [-0.39, 0.29) is 18.3 Å². The van der Waals surface area contributed by atoms with Gasteiger partial charge >= 0.3 is 6.03 Å². The fourth-order valence-corrected chi connectivity index (χ4v) is 0.986. The summed E-state index contributed by atoms with van der Waals surface area (Å²) in [5, 5.41) is 6.80. The first-order valence-electron chi connectivity index (χ1n) is 4.25. The van der Waals surface area contributed by atoms with Crippen LogP contribution in [0.5, 0.6) is 0 Å². The molecule has 6 heteroatoms. The van der Waals surface area contributed by atoms with Gasteiger partial charge in [0, 0.05) is 6.04 Å². The quantitative estimate of drug-likeness (QED) is 0.588. The molecule has 0 bridgehead atoms. The number of urea groups is 1. The lowest BCUT2D eigenvalue weighted by Crippen LogP contribution is -2.47. The molecule has 3 N–H and O–H groups in total. The number of nitrogens with one attached hydrogen (secondary N) is 3. The summed E-state index contributed by atoms with van der Waals surface area (Å²) in [4.78, 5) is 22.1. The van der Waals surface area contributed by atoms with Gasteiger partial charge in [0.1, 0.15) is 11.5 Å². The molecule has 0 aromatic carbocycles. The Morgan fingerprint density at radius 2 is 2.21 bits per heavy atom. The minimum absolute atomic E-state index is 0.102. The Labute approximate surface area is 80.7 Å². The second kappa shape index (κ2) is 4.08. The number of rotatable bonds is 2. The van der Waals surface area contributed by atoms with Gasteiger partial charge in [-0.3, -0.25) is 4.79 Å². The van der Waals surface area contributed by atoms with Gasteiger partial charge in [0.05, 0.1) is 6.54 Å². The fraction of sp³-hybridized carbons (Fsp3) is 0.500. The first-order chi connectivity index (χ1) is 6.50. The van der Waals surface area contributed by atoms with Crippen molar-refractivity contribution in [2.45, 2.75) is 19.9 Å². The van der Waals surface area contributed by atoms with Crippen LogP contribution in [-0.4, -0.2) is 24.5 Å². The van der Waals surface area contributed by atoms with Crippen LogP contribution in [0.3, 0.4) is 0 Å². The molecule has 5 nitrogen and oxygen atoms in total. The number of halogens is 1. The van der Waals surface area contributed by atoms with Crippen molar-refractivity contribution < 1.29 is 14.0 Å². The Morgan fingerprint density at radius 3 is 2.79 bits per heavy atom. The van der Waals surface area contributed by atoms with Gasteiger partial charge in [0.2, 0.25) is 0 Å². The molecule has 0 saturated carbocycles. The molecule has 1 aliphatic heterocycles. The molecule has 0 unspecified atom stereocenters. The van der Waals surface area contributed by atoms with E-state index in [9.17, 15) is 14.0 Å². The highest BCUT2D eigenvalue weighted by Crippen LogP contribution is 2.06. The predicted octanol–water partition coefficient (Wildman–Crippen LogP) is 0.00490. The van der Waals surface area contributed by atoms with E-state index in [1.807, 2.05) is 0 Å². The van der Waals surface area contributed by atoms with E-state index >= 15 is 0 Å². The van der Waals surface area contributed by atoms with Gasteiger partial charge in [-0.1, -0.05) is 0 Å². The van der Waals surface area contributed by atoms with Gasteiger partial charge in [0.15, 0.2) is 0 Å². The van der Waals surface area contributed by atoms with E-state index in [1.54, 1.807) is 13.8 Å². The van der Waals surface area contributed by atoms with E-state index in [4.69, 9.17) is 0 Å². The molecule has 1 heterocycles. The average molecular weight is 201 g/mol. The normalized spacial score (nSPS) is 16.4. The second-order valence-electron chi connectivity index (χ2n) is 3.22. The molecule has 0 spiro atoms. The smallest absolute Gasteiger partial charge is 0.319 e. The van der Waals surface area contributed by atoms with Crippen molar-refractivity contribution in [2.24, 2.45) is 0 Å². The van der Waals surface area contributed by atoms with Crippen LogP contribution in [0.1, 0.15) is 13.8 Å². The summed E-state index contributed by atoms with van der Waals surface area (Å²) in [6.45, 7) is 3.26. The van der Waals surface area contributed by atoms with E-state index in [0.29, 0.717) is 0 Å². The van der Waals surface area contributed by atoms with Gasteiger partial charge in [0.25, 0.3) is 5.91 Å². The predicted molar refractivity (Wildman–Crippen MR) is 47.9 cm³/mol. The molecular weight excluding hydrogens is 189 g/mol. The molecule has 0 aromatic heterocycles. The molecule has 14 heavy (non-hydrogen) atoms. The van der Waals surface area contributed by atoms with Gasteiger partial charge in [-0.2, -0.15) is 0 Å². The van der Waals surface area contributed by atoms with E-state index in [2.05, 4.69) is 16.0 Å². The third-order valence-electron chi connectivity index (χ3n) is 1.56. The lowest BCUT2D eigenvalue weighted by Gasteiger charge is -2.18. The first kappa shape index (κ1) is 10.5. The number of carbonyl (C=O) groups excluding carboxylic acids is 2. The zero-order chi connectivity index (χ0) is 10.7. The first-order valence-corrected chi connectivity index (χ1v) is 4.25. The Morgan fingerprint density at radius 1 is 1.57 bits per heavy atom. The maximum atomic E-state index is 13.1. The minimum atomic E-state index is -0.664. The monoisotopic (exact) mass is 201 g/mol. The Bertz CT molecular complexity index is 299. The maximum Gasteiger partial charge on any atom is 0.319 e. The van der Waals surface area contributed by atoms with Gasteiger partial charge in [-0.15, -0.1) is 0 Å². The minimum Gasteiger partial charge on any atom is -0.349 e. The zero-order valence-corrected chi connectivity index (χ0v) is 7.98. The average Bonchev–Trinajstić information content (AvgIpc) is 2.08. The van der Waals surface area contributed by atoms with Crippen LogP contribution in [0.15, 0.2) is 11.5 Å². The lowest BCUT2D eigenvalue weighted by atomic mass is 10.3. The highest BCUT2D eigenvalue weighted by Gasteiger charge is 2.23. The highest BCUT2D eigenvalue weighted by atomic mass is 19.1. The lowest BCUT2D eigenvalue weighted by molar-refractivity contribution is -0.118. The third-order valence-corrected chi connectivity index (χ3v) is 1.56. The van der Waals surface area contributed by atoms with Crippen molar-refractivity contribution in [1.29, 1.82) is 0 Å². The molecule has 1 rings (SSSR count). The summed E-state index contributed by atoms with van der Waals surface area (Å²) in [5.74, 6) is -1.27. The zero-order valence-electron chi connectivity index (χ0n) is 7.98. The molecule has 1 aliphatic rings. The molecule has 0 fully saturated rings. The van der Waals surface area contributed by atoms with E-state index in [1.165, 1.54) is 0 Å². The van der Waals surface area contributed by atoms with Crippen LogP contribution in [0, 0.1) is 0 Å². The van der Waals surface area contributed by atoms with Gasteiger partial charge in [-0.25, -0.2) is 9.18 Å².